The quantitative estimate of drug-likeness (QED) is 0.634. The van der Waals surface area contributed by atoms with Crippen molar-refractivity contribution in [1.29, 1.82) is 0 Å². The Labute approximate surface area is 104 Å². The summed E-state index contributed by atoms with van der Waals surface area (Å²) in [6.07, 6.45) is 0. The second-order valence-electron chi connectivity index (χ2n) is 3.45. The van der Waals surface area contributed by atoms with Crippen LogP contribution in [0.4, 0.5) is 0 Å². The normalized spacial score (nSPS) is 13.4. The first-order chi connectivity index (χ1) is 7.40. The molecule has 0 saturated heterocycles. The minimum atomic E-state index is -3.40. The van der Waals surface area contributed by atoms with Crippen LogP contribution in [0.25, 0.3) is 0 Å². The van der Waals surface area contributed by atoms with Gasteiger partial charge in [0.05, 0.1) is 0 Å². The lowest BCUT2D eigenvalue weighted by molar-refractivity contribution is 0.101. The summed E-state index contributed by atoms with van der Waals surface area (Å²) in [6, 6.07) is 6.95. The molecule has 0 saturated carbocycles. The number of sulfone groups is 1. The van der Waals surface area contributed by atoms with E-state index in [9.17, 15) is 13.2 Å². The average Bonchev–Trinajstić information content (AvgIpc) is 2.27. The first-order valence-electron chi connectivity index (χ1n) is 4.85. The third-order valence-electron chi connectivity index (χ3n) is 2.33. The zero-order chi connectivity index (χ0) is 12.3. The molecule has 1 atom stereocenters. The van der Waals surface area contributed by atoms with Gasteiger partial charge in [0.15, 0.2) is 19.8 Å². The van der Waals surface area contributed by atoms with E-state index in [4.69, 9.17) is 0 Å². The molecule has 1 aromatic carbocycles. The molecule has 88 valence electrons. The molecule has 0 radical (unpaired) electrons. The van der Waals surface area contributed by atoms with Gasteiger partial charge in [-0.25, -0.2) is 8.42 Å². The second-order valence-corrected chi connectivity index (χ2v) is 7.34. The Hall–Kier alpha value is -0.680. The van der Waals surface area contributed by atoms with Crippen LogP contribution in [0.2, 0.25) is 0 Å². The molecule has 1 rings (SSSR count). The monoisotopic (exact) mass is 304 g/mol. The SMILES string of the molecule is CCS(=O)(=O)[C@@H](Br)C(=O)c1ccccc1C. The van der Waals surface area contributed by atoms with Gasteiger partial charge in [-0.3, -0.25) is 4.79 Å². The molecule has 0 spiro atoms. The van der Waals surface area contributed by atoms with Crippen molar-refractivity contribution < 1.29 is 13.2 Å². The molecule has 5 heteroatoms. The molecule has 0 fully saturated rings. The maximum Gasteiger partial charge on any atom is 0.191 e. The minimum Gasteiger partial charge on any atom is -0.292 e. The van der Waals surface area contributed by atoms with E-state index in [1.807, 2.05) is 6.07 Å². The minimum absolute atomic E-state index is 0.0550. The van der Waals surface area contributed by atoms with Crippen LogP contribution in [-0.2, 0) is 9.84 Å². The molecule has 16 heavy (non-hydrogen) atoms. The van der Waals surface area contributed by atoms with Gasteiger partial charge in [-0.05, 0) is 12.5 Å². The van der Waals surface area contributed by atoms with Gasteiger partial charge in [0.25, 0.3) is 0 Å². The summed E-state index contributed by atoms with van der Waals surface area (Å²) in [6.45, 7) is 3.31. The Morgan fingerprint density at radius 2 is 1.94 bits per heavy atom. The number of aryl methyl sites for hydroxylation is 1. The maximum atomic E-state index is 11.9. The van der Waals surface area contributed by atoms with E-state index in [1.165, 1.54) is 6.92 Å². The number of ketones is 1. The number of halogens is 1. The van der Waals surface area contributed by atoms with E-state index < -0.39 is 19.8 Å². The Morgan fingerprint density at radius 1 is 1.38 bits per heavy atom. The van der Waals surface area contributed by atoms with E-state index in [1.54, 1.807) is 25.1 Å². The number of hydrogen-bond donors (Lipinski definition) is 0. The van der Waals surface area contributed by atoms with E-state index >= 15 is 0 Å². The molecule has 0 unspecified atom stereocenters. The van der Waals surface area contributed by atoms with Gasteiger partial charge in [-0.1, -0.05) is 47.1 Å². The molecule has 0 amide bonds. The Balaban J connectivity index is 3.10. The molecule has 0 aliphatic heterocycles. The van der Waals surface area contributed by atoms with Gasteiger partial charge in [0.2, 0.25) is 0 Å². The lowest BCUT2D eigenvalue weighted by Gasteiger charge is -2.10. The lowest BCUT2D eigenvalue weighted by atomic mass is 10.1. The van der Waals surface area contributed by atoms with Gasteiger partial charge in [-0.15, -0.1) is 0 Å². The summed E-state index contributed by atoms with van der Waals surface area (Å²) < 4.78 is 22.0. The maximum absolute atomic E-state index is 11.9. The zero-order valence-corrected chi connectivity index (χ0v) is 11.5. The molecular formula is C11H13BrO3S. The number of rotatable bonds is 4. The van der Waals surface area contributed by atoms with Crippen LogP contribution < -0.4 is 0 Å². The summed E-state index contributed by atoms with van der Waals surface area (Å²) >= 11 is 2.96. The average molecular weight is 305 g/mol. The molecule has 0 N–H and O–H groups in total. The third-order valence-corrected chi connectivity index (χ3v) is 6.11. The first-order valence-corrected chi connectivity index (χ1v) is 7.48. The van der Waals surface area contributed by atoms with Gasteiger partial charge >= 0.3 is 0 Å². The Kier molecular flexibility index (Phi) is 4.27. The number of alkyl halides is 1. The molecule has 3 nitrogen and oxygen atoms in total. The smallest absolute Gasteiger partial charge is 0.191 e. The van der Waals surface area contributed by atoms with E-state index in [0.717, 1.165) is 5.56 Å². The predicted molar refractivity (Wildman–Crippen MR) is 67.7 cm³/mol. The third kappa shape index (κ3) is 2.71. The molecule has 1 aromatic rings. The number of hydrogen-bond acceptors (Lipinski definition) is 3. The van der Waals surface area contributed by atoms with Gasteiger partial charge in [-0.2, -0.15) is 0 Å². The molecule has 0 bridgehead atoms. The topological polar surface area (TPSA) is 51.2 Å². The van der Waals surface area contributed by atoms with E-state index in [0.29, 0.717) is 5.56 Å². The zero-order valence-electron chi connectivity index (χ0n) is 9.10. The summed E-state index contributed by atoms with van der Waals surface area (Å²) in [5.41, 5.74) is 1.23. The van der Waals surface area contributed by atoms with Crippen LogP contribution in [0.5, 0.6) is 0 Å². The van der Waals surface area contributed by atoms with E-state index in [-0.39, 0.29) is 5.75 Å². The molecule has 0 aromatic heterocycles. The largest absolute Gasteiger partial charge is 0.292 e. The van der Waals surface area contributed by atoms with Crippen LogP contribution in [0, 0.1) is 6.92 Å². The fraction of sp³-hybridized carbons (Fsp3) is 0.364. The summed E-state index contributed by atoms with van der Waals surface area (Å²) in [5, 5.41) is 0. The number of benzene rings is 1. The highest BCUT2D eigenvalue weighted by molar-refractivity contribution is 9.11. The van der Waals surface area contributed by atoms with Crippen molar-refractivity contribution in [1.82, 2.24) is 0 Å². The van der Waals surface area contributed by atoms with Crippen molar-refractivity contribution in [2.45, 2.75) is 18.0 Å². The number of carbonyl (C=O) groups excluding carboxylic acids is 1. The lowest BCUT2D eigenvalue weighted by Crippen LogP contribution is -2.26. The van der Waals surface area contributed by atoms with Crippen molar-refractivity contribution in [2.24, 2.45) is 0 Å². The summed E-state index contributed by atoms with van der Waals surface area (Å²) in [4.78, 5) is 11.9. The fourth-order valence-corrected chi connectivity index (χ4v) is 3.07. The second kappa shape index (κ2) is 5.10. The highest BCUT2D eigenvalue weighted by Crippen LogP contribution is 2.19. The first kappa shape index (κ1) is 13.4. The van der Waals surface area contributed by atoms with Gasteiger partial charge in [0.1, 0.15) is 0 Å². The molecule has 0 aliphatic rings. The summed E-state index contributed by atoms with van der Waals surface area (Å²) in [5.74, 6) is -0.458. The van der Waals surface area contributed by atoms with Crippen LogP contribution in [-0.4, -0.2) is 24.1 Å². The fourth-order valence-electron chi connectivity index (χ4n) is 1.28. The van der Waals surface area contributed by atoms with Crippen molar-refractivity contribution in [3.63, 3.8) is 0 Å². The highest BCUT2D eigenvalue weighted by Gasteiger charge is 2.29. The van der Waals surface area contributed by atoms with Gasteiger partial charge < -0.3 is 0 Å². The van der Waals surface area contributed by atoms with Crippen LogP contribution in [0.1, 0.15) is 22.8 Å². The van der Waals surface area contributed by atoms with Crippen molar-refractivity contribution in [3.8, 4) is 0 Å². The van der Waals surface area contributed by atoms with Crippen LogP contribution in [0.3, 0.4) is 0 Å². The van der Waals surface area contributed by atoms with Crippen LogP contribution >= 0.6 is 15.9 Å². The highest BCUT2D eigenvalue weighted by atomic mass is 79.9. The van der Waals surface area contributed by atoms with Crippen LogP contribution in [0.15, 0.2) is 24.3 Å². The van der Waals surface area contributed by atoms with Crippen molar-refractivity contribution >= 4 is 31.6 Å². The Bertz CT molecular complexity index is 494. The molecule has 0 heterocycles. The Morgan fingerprint density at radius 3 is 2.44 bits per heavy atom. The summed E-state index contributed by atoms with van der Waals surface area (Å²) in [7, 11) is -3.40. The number of Topliss-reactive ketones (excluding diaryl/α,β-unsaturated/α-hetero) is 1. The molecule has 0 aliphatic carbocycles. The standard InChI is InChI=1S/C11H13BrO3S/c1-3-16(14,15)11(12)10(13)9-7-5-4-6-8(9)2/h4-7,11H,3H2,1-2H3/t11-/m1/s1. The van der Waals surface area contributed by atoms with Crippen molar-refractivity contribution in [3.05, 3.63) is 35.4 Å². The predicted octanol–water partition coefficient (Wildman–Crippen LogP) is 2.33. The van der Waals surface area contributed by atoms with Crippen molar-refractivity contribution in [2.75, 3.05) is 5.75 Å². The molecular weight excluding hydrogens is 292 g/mol. The van der Waals surface area contributed by atoms with E-state index in [2.05, 4.69) is 15.9 Å². The number of carbonyl (C=O) groups is 1. The van der Waals surface area contributed by atoms with Gasteiger partial charge in [0, 0.05) is 11.3 Å².